The van der Waals surface area contributed by atoms with Gasteiger partial charge >= 0.3 is 0 Å². The van der Waals surface area contributed by atoms with Crippen LogP contribution in [0.3, 0.4) is 0 Å². The fourth-order valence-electron chi connectivity index (χ4n) is 1.30. The molecule has 76 valence electrons. The van der Waals surface area contributed by atoms with Gasteiger partial charge in [0.05, 0.1) is 23.2 Å². The molecular formula is C9H8BrClO3. The third-order valence-electron chi connectivity index (χ3n) is 1.93. The van der Waals surface area contributed by atoms with E-state index < -0.39 is 6.29 Å². The molecule has 1 saturated heterocycles. The second-order valence-corrected chi connectivity index (χ2v) is 4.19. The van der Waals surface area contributed by atoms with Crippen LogP contribution in [0.15, 0.2) is 16.6 Å². The van der Waals surface area contributed by atoms with E-state index in [1.165, 1.54) is 0 Å². The van der Waals surface area contributed by atoms with Crippen molar-refractivity contribution in [2.45, 2.75) is 6.29 Å². The molecule has 1 aromatic carbocycles. The topological polar surface area (TPSA) is 38.7 Å². The molecule has 1 N–H and O–H groups in total. The number of phenolic OH excluding ortho intramolecular Hbond substituents is 1. The molecular weight excluding hydrogens is 271 g/mol. The van der Waals surface area contributed by atoms with Gasteiger partial charge in [-0.05, 0) is 28.1 Å². The Balaban J connectivity index is 2.40. The maximum atomic E-state index is 9.72. The van der Waals surface area contributed by atoms with Crippen molar-refractivity contribution in [3.8, 4) is 5.75 Å². The van der Waals surface area contributed by atoms with Crippen molar-refractivity contribution < 1.29 is 14.6 Å². The number of phenols is 1. The molecule has 1 fully saturated rings. The van der Waals surface area contributed by atoms with Gasteiger partial charge < -0.3 is 14.6 Å². The fourth-order valence-corrected chi connectivity index (χ4v) is 2.14. The molecule has 0 saturated carbocycles. The highest BCUT2D eigenvalue weighted by atomic mass is 79.9. The predicted molar refractivity (Wildman–Crippen MR) is 55.5 cm³/mol. The van der Waals surface area contributed by atoms with Crippen molar-refractivity contribution in [1.82, 2.24) is 0 Å². The van der Waals surface area contributed by atoms with E-state index in [1.807, 2.05) is 0 Å². The van der Waals surface area contributed by atoms with Crippen LogP contribution >= 0.6 is 27.5 Å². The first kappa shape index (κ1) is 10.2. The maximum absolute atomic E-state index is 9.72. The fraction of sp³-hybridized carbons (Fsp3) is 0.333. The molecule has 1 aliphatic heterocycles. The molecule has 0 unspecified atom stereocenters. The van der Waals surface area contributed by atoms with Crippen molar-refractivity contribution in [2.75, 3.05) is 13.2 Å². The summed E-state index contributed by atoms with van der Waals surface area (Å²) < 4.78 is 11.1. The lowest BCUT2D eigenvalue weighted by molar-refractivity contribution is -0.0455. The van der Waals surface area contributed by atoms with Gasteiger partial charge in [0.15, 0.2) is 6.29 Å². The van der Waals surface area contributed by atoms with Crippen LogP contribution in [0.25, 0.3) is 0 Å². The highest BCUT2D eigenvalue weighted by Crippen LogP contribution is 2.37. The molecule has 3 nitrogen and oxygen atoms in total. The molecule has 0 amide bonds. The lowest BCUT2D eigenvalue weighted by atomic mass is 10.2. The van der Waals surface area contributed by atoms with E-state index in [9.17, 15) is 5.11 Å². The summed E-state index contributed by atoms with van der Waals surface area (Å²) in [5, 5.41) is 10.2. The minimum Gasteiger partial charge on any atom is -0.506 e. The van der Waals surface area contributed by atoms with E-state index in [2.05, 4.69) is 15.9 Å². The third-order valence-corrected chi connectivity index (χ3v) is 2.76. The van der Waals surface area contributed by atoms with Crippen molar-refractivity contribution in [1.29, 1.82) is 0 Å². The Hall–Kier alpha value is -0.290. The summed E-state index contributed by atoms with van der Waals surface area (Å²) in [6, 6.07) is 3.26. The minimum atomic E-state index is -0.509. The molecule has 0 atom stereocenters. The molecule has 5 heteroatoms. The summed E-state index contributed by atoms with van der Waals surface area (Å²) in [5.41, 5.74) is 0.557. The number of hydrogen-bond acceptors (Lipinski definition) is 3. The van der Waals surface area contributed by atoms with Gasteiger partial charge in [-0.1, -0.05) is 11.6 Å². The molecule has 0 aliphatic carbocycles. The molecule has 1 aromatic rings. The second kappa shape index (κ2) is 4.06. The second-order valence-electron chi connectivity index (χ2n) is 2.90. The van der Waals surface area contributed by atoms with Crippen molar-refractivity contribution in [2.24, 2.45) is 0 Å². The average molecular weight is 280 g/mol. The summed E-state index contributed by atoms with van der Waals surface area (Å²) in [6.07, 6.45) is -0.509. The van der Waals surface area contributed by atoms with Crippen LogP contribution in [0.4, 0.5) is 0 Å². The van der Waals surface area contributed by atoms with Gasteiger partial charge in [-0.15, -0.1) is 0 Å². The first-order chi connectivity index (χ1) is 6.68. The van der Waals surface area contributed by atoms with Crippen molar-refractivity contribution >= 4 is 27.5 Å². The SMILES string of the molecule is Oc1c(Br)cc(Cl)cc1C1OCCO1. The zero-order valence-corrected chi connectivity index (χ0v) is 9.51. The smallest absolute Gasteiger partial charge is 0.187 e. The number of hydrogen-bond donors (Lipinski definition) is 1. The van der Waals surface area contributed by atoms with E-state index in [0.29, 0.717) is 28.3 Å². The highest BCUT2D eigenvalue weighted by Gasteiger charge is 2.23. The van der Waals surface area contributed by atoms with E-state index in [4.69, 9.17) is 21.1 Å². The van der Waals surface area contributed by atoms with Crippen molar-refractivity contribution in [3.63, 3.8) is 0 Å². The van der Waals surface area contributed by atoms with Crippen LogP contribution in [0, 0.1) is 0 Å². The Labute approximate surface area is 94.7 Å². The molecule has 2 rings (SSSR count). The molecule has 14 heavy (non-hydrogen) atoms. The Bertz CT molecular complexity index is 350. The number of ether oxygens (including phenoxy) is 2. The molecule has 1 aliphatic rings. The monoisotopic (exact) mass is 278 g/mol. The summed E-state index contributed by atoms with van der Waals surface area (Å²) in [4.78, 5) is 0. The van der Waals surface area contributed by atoms with Crippen LogP contribution in [0.2, 0.25) is 5.02 Å². The third kappa shape index (κ3) is 1.88. The van der Waals surface area contributed by atoms with Crippen LogP contribution in [-0.4, -0.2) is 18.3 Å². The summed E-state index contributed by atoms with van der Waals surface area (Å²) in [6.45, 7) is 1.07. The first-order valence-corrected chi connectivity index (χ1v) is 5.26. The molecule has 1 heterocycles. The van der Waals surface area contributed by atoms with Gasteiger partial charge in [0, 0.05) is 5.02 Å². The van der Waals surface area contributed by atoms with Gasteiger partial charge in [-0.2, -0.15) is 0 Å². The lowest BCUT2D eigenvalue weighted by Gasteiger charge is -2.12. The zero-order chi connectivity index (χ0) is 10.1. The van der Waals surface area contributed by atoms with Gasteiger partial charge in [0.25, 0.3) is 0 Å². The van der Waals surface area contributed by atoms with Gasteiger partial charge in [-0.3, -0.25) is 0 Å². The molecule has 0 radical (unpaired) electrons. The van der Waals surface area contributed by atoms with E-state index in [-0.39, 0.29) is 5.75 Å². The van der Waals surface area contributed by atoms with Crippen LogP contribution in [0.5, 0.6) is 5.75 Å². The number of halogens is 2. The highest BCUT2D eigenvalue weighted by molar-refractivity contribution is 9.10. The molecule has 0 spiro atoms. The zero-order valence-electron chi connectivity index (χ0n) is 7.17. The van der Waals surface area contributed by atoms with Crippen LogP contribution in [-0.2, 0) is 9.47 Å². The van der Waals surface area contributed by atoms with Gasteiger partial charge in [-0.25, -0.2) is 0 Å². The van der Waals surface area contributed by atoms with E-state index in [1.54, 1.807) is 12.1 Å². The molecule has 0 bridgehead atoms. The quantitative estimate of drug-likeness (QED) is 0.859. The Morgan fingerprint density at radius 3 is 2.64 bits per heavy atom. The predicted octanol–water partition coefficient (Wildman–Crippen LogP) is 2.85. The Morgan fingerprint density at radius 2 is 2.00 bits per heavy atom. The standard InChI is InChI=1S/C9H8BrClO3/c10-7-4-5(11)3-6(8(7)12)9-13-1-2-14-9/h3-4,9,12H,1-2H2. The van der Waals surface area contributed by atoms with Crippen LogP contribution < -0.4 is 0 Å². The average Bonchev–Trinajstić information content (AvgIpc) is 2.63. The number of benzene rings is 1. The van der Waals surface area contributed by atoms with Gasteiger partial charge in [0.1, 0.15) is 5.75 Å². The Morgan fingerprint density at radius 1 is 1.36 bits per heavy atom. The minimum absolute atomic E-state index is 0.112. The van der Waals surface area contributed by atoms with Crippen molar-refractivity contribution in [3.05, 3.63) is 27.2 Å². The largest absolute Gasteiger partial charge is 0.506 e. The lowest BCUT2D eigenvalue weighted by Crippen LogP contribution is -1.98. The Kier molecular flexibility index (Phi) is 2.97. The van der Waals surface area contributed by atoms with E-state index >= 15 is 0 Å². The first-order valence-electron chi connectivity index (χ1n) is 4.09. The summed E-state index contributed by atoms with van der Waals surface area (Å²) in [7, 11) is 0. The summed E-state index contributed by atoms with van der Waals surface area (Å²) >= 11 is 9.05. The van der Waals surface area contributed by atoms with E-state index in [0.717, 1.165) is 0 Å². The number of aromatic hydroxyl groups is 1. The van der Waals surface area contributed by atoms with Gasteiger partial charge in [0.2, 0.25) is 0 Å². The maximum Gasteiger partial charge on any atom is 0.187 e. The molecule has 0 aromatic heterocycles. The normalized spacial score (nSPS) is 17.6. The number of rotatable bonds is 1. The van der Waals surface area contributed by atoms with Crippen LogP contribution in [0.1, 0.15) is 11.9 Å². The summed E-state index contributed by atoms with van der Waals surface area (Å²) in [5.74, 6) is 0.112.